The number of rotatable bonds is 6. The SMILES string of the molecule is Cc1nnc(NC(=O)C(C)Sc2nnc(-c3ccco3)c(-c3ccco3)n2)s1. The number of nitrogens with one attached hydrogen (secondary N) is 1. The molecule has 1 unspecified atom stereocenters. The van der Waals surface area contributed by atoms with E-state index >= 15 is 0 Å². The van der Waals surface area contributed by atoms with Crippen LogP contribution in [0.2, 0.25) is 0 Å². The lowest BCUT2D eigenvalue weighted by Gasteiger charge is -2.10. The Balaban J connectivity index is 1.56. The standard InChI is InChI=1S/C17H14N6O3S2/c1-9(15(24)19-17-22-20-10(2)28-17)27-16-18-13(11-5-3-7-25-11)14(21-23-16)12-6-4-8-26-12/h3-9H,1-2H3,(H,19,22,24). The van der Waals surface area contributed by atoms with Crippen molar-refractivity contribution in [1.29, 1.82) is 0 Å². The molecule has 0 spiro atoms. The van der Waals surface area contributed by atoms with Crippen molar-refractivity contribution in [2.24, 2.45) is 0 Å². The molecule has 4 aromatic heterocycles. The van der Waals surface area contributed by atoms with E-state index < -0.39 is 5.25 Å². The van der Waals surface area contributed by atoms with Gasteiger partial charge in [0.05, 0.1) is 17.8 Å². The average molecular weight is 414 g/mol. The van der Waals surface area contributed by atoms with Gasteiger partial charge in [0.2, 0.25) is 16.2 Å². The molecule has 0 bridgehead atoms. The first-order valence-electron chi connectivity index (χ1n) is 8.20. The molecular weight excluding hydrogens is 400 g/mol. The van der Waals surface area contributed by atoms with Crippen molar-refractivity contribution in [3.63, 3.8) is 0 Å². The molecular formula is C17H14N6O3S2. The molecule has 0 aliphatic heterocycles. The third-order valence-corrected chi connectivity index (χ3v) is 5.29. The number of anilines is 1. The third kappa shape index (κ3) is 3.94. The average Bonchev–Trinajstić information content (AvgIpc) is 3.45. The van der Waals surface area contributed by atoms with E-state index in [4.69, 9.17) is 8.83 Å². The number of hydrogen-bond acceptors (Lipinski definition) is 10. The molecule has 4 aromatic rings. The summed E-state index contributed by atoms with van der Waals surface area (Å²) in [6.45, 7) is 3.58. The van der Waals surface area contributed by atoms with Gasteiger partial charge in [-0.25, -0.2) is 4.98 Å². The molecule has 142 valence electrons. The van der Waals surface area contributed by atoms with Gasteiger partial charge < -0.3 is 8.83 Å². The molecule has 28 heavy (non-hydrogen) atoms. The molecule has 0 saturated carbocycles. The molecule has 9 nitrogen and oxygen atoms in total. The van der Waals surface area contributed by atoms with E-state index in [1.165, 1.54) is 23.1 Å². The molecule has 0 aromatic carbocycles. The van der Waals surface area contributed by atoms with Crippen molar-refractivity contribution in [2.75, 3.05) is 5.32 Å². The summed E-state index contributed by atoms with van der Waals surface area (Å²) in [6, 6.07) is 7.06. The van der Waals surface area contributed by atoms with Crippen LogP contribution in [0, 0.1) is 6.92 Å². The highest BCUT2D eigenvalue weighted by Crippen LogP contribution is 2.31. The largest absolute Gasteiger partial charge is 0.463 e. The minimum absolute atomic E-state index is 0.223. The molecule has 4 heterocycles. The van der Waals surface area contributed by atoms with Crippen LogP contribution in [0.3, 0.4) is 0 Å². The second-order valence-corrected chi connectivity index (χ2v) is 8.11. The van der Waals surface area contributed by atoms with Gasteiger partial charge in [-0.15, -0.1) is 20.4 Å². The fourth-order valence-electron chi connectivity index (χ4n) is 2.29. The highest BCUT2D eigenvalue weighted by molar-refractivity contribution is 8.00. The Morgan fingerprint density at radius 3 is 2.39 bits per heavy atom. The number of furan rings is 2. The Hall–Kier alpha value is -3.05. The lowest BCUT2D eigenvalue weighted by Crippen LogP contribution is -2.22. The van der Waals surface area contributed by atoms with Gasteiger partial charge >= 0.3 is 0 Å². The molecule has 4 rings (SSSR count). The molecule has 0 radical (unpaired) electrons. The predicted octanol–water partition coefficient (Wildman–Crippen LogP) is 3.67. The smallest absolute Gasteiger partial charge is 0.239 e. The first-order valence-corrected chi connectivity index (χ1v) is 9.90. The van der Waals surface area contributed by atoms with E-state index in [0.29, 0.717) is 33.2 Å². The summed E-state index contributed by atoms with van der Waals surface area (Å²) in [5.74, 6) is 0.837. The van der Waals surface area contributed by atoms with Crippen molar-refractivity contribution < 1.29 is 13.6 Å². The van der Waals surface area contributed by atoms with E-state index in [9.17, 15) is 4.79 Å². The van der Waals surface area contributed by atoms with Gasteiger partial charge in [0.25, 0.3) is 0 Å². The third-order valence-electron chi connectivity index (χ3n) is 3.58. The zero-order valence-corrected chi connectivity index (χ0v) is 16.5. The fraction of sp³-hybridized carbons (Fsp3) is 0.176. The lowest BCUT2D eigenvalue weighted by atomic mass is 10.2. The zero-order valence-electron chi connectivity index (χ0n) is 14.8. The minimum atomic E-state index is -0.468. The first-order chi connectivity index (χ1) is 13.6. The summed E-state index contributed by atoms with van der Waals surface area (Å²) in [7, 11) is 0. The van der Waals surface area contributed by atoms with E-state index in [-0.39, 0.29) is 5.91 Å². The number of amides is 1. The van der Waals surface area contributed by atoms with Crippen LogP contribution in [-0.2, 0) is 4.79 Å². The molecule has 1 N–H and O–H groups in total. The van der Waals surface area contributed by atoms with E-state index in [0.717, 1.165) is 5.01 Å². The Morgan fingerprint density at radius 2 is 1.79 bits per heavy atom. The molecule has 0 saturated heterocycles. The molecule has 11 heteroatoms. The zero-order chi connectivity index (χ0) is 19.5. The topological polar surface area (TPSA) is 120 Å². The molecule has 0 fully saturated rings. The number of aryl methyl sites for hydroxylation is 1. The van der Waals surface area contributed by atoms with Crippen molar-refractivity contribution in [3.8, 4) is 22.9 Å². The normalized spacial score (nSPS) is 12.1. The van der Waals surface area contributed by atoms with Gasteiger partial charge in [0.1, 0.15) is 10.7 Å². The summed E-state index contributed by atoms with van der Waals surface area (Å²) in [5.41, 5.74) is 0.954. The number of carbonyl (C=O) groups is 1. The Labute approximate surface area is 167 Å². The van der Waals surface area contributed by atoms with Crippen LogP contribution in [0.4, 0.5) is 5.13 Å². The van der Waals surface area contributed by atoms with Crippen LogP contribution in [0.5, 0.6) is 0 Å². The van der Waals surface area contributed by atoms with Crippen LogP contribution in [0.25, 0.3) is 22.9 Å². The van der Waals surface area contributed by atoms with Gasteiger partial charge in [-0.3, -0.25) is 10.1 Å². The minimum Gasteiger partial charge on any atom is -0.463 e. The van der Waals surface area contributed by atoms with Gasteiger partial charge in [0, 0.05) is 0 Å². The highest BCUT2D eigenvalue weighted by Gasteiger charge is 2.22. The van der Waals surface area contributed by atoms with Crippen LogP contribution >= 0.6 is 23.1 Å². The quantitative estimate of drug-likeness (QED) is 0.471. The van der Waals surface area contributed by atoms with Crippen molar-refractivity contribution >= 4 is 34.1 Å². The second kappa shape index (κ2) is 7.90. The summed E-state index contributed by atoms with van der Waals surface area (Å²) < 4.78 is 10.9. The van der Waals surface area contributed by atoms with Crippen molar-refractivity contribution in [1.82, 2.24) is 25.4 Å². The predicted molar refractivity (Wildman–Crippen MR) is 104 cm³/mol. The molecule has 0 aliphatic carbocycles. The number of aromatic nitrogens is 5. The Morgan fingerprint density at radius 1 is 1.07 bits per heavy atom. The van der Waals surface area contributed by atoms with E-state index in [2.05, 4.69) is 30.7 Å². The summed E-state index contributed by atoms with van der Waals surface area (Å²) >= 11 is 2.49. The number of hydrogen-bond donors (Lipinski definition) is 1. The van der Waals surface area contributed by atoms with Crippen LogP contribution < -0.4 is 5.32 Å². The van der Waals surface area contributed by atoms with E-state index in [1.54, 1.807) is 43.7 Å². The van der Waals surface area contributed by atoms with Gasteiger partial charge in [-0.1, -0.05) is 23.1 Å². The highest BCUT2D eigenvalue weighted by atomic mass is 32.2. The molecule has 1 atom stereocenters. The maximum Gasteiger partial charge on any atom is 0.239 e. The van der Waals surface area contributed by atoms with Gasteiger partial charge in [-0.2, -0.15) is 0 Å². The maximum absolute atomic E-state index is 12.4. The van der Waals surface area contributed by atoms with Crippen molar-refractivity contribution in [3.05, 3.63) is 41.8 Å². The summed E-state index contributed by atoms with van der Waals surface area (Å²) in [6.07, 6.45) is 3.10. The lowest BCUT2D eigenvalue weighted by molar-refractivity contribution is -0.115. The maximum atomic E-state index is 12.4. The van der Waals surface area contributed by atoms with Gasteiger partial charge in [0.15, 0.2) is 17.2 Å². The van der Waals surface area contributed by atoms with Gasteiger partial charge in [-0.05, 0) is 38.1 Å². The molecule has 1 amide bonds. The van der Waals surface area contributed by atoms with E-state index in [1.807, 2.05) is 6.92 Å². The van der Waals surface area contributed by atoms with Crippen LogP contribution in [-0.4, -0.2) is 36.5 Å². The van der Waals surface area contributed by atoms with Crippen LogP contribution in [0.15, 0.2) is 50.8 Å². The van der Waals surface area contributed by atoms with Crippen LogP contribution in [0.1, 0.15) is 11.9 Å². The summed E-state index contributed by atoms with van der Waals surface area (Å²) in [5, 5.41) is 20.0. The molecule has 0 aliphatic rings. The number of nitrogens with zero attached hydrogens (tertiary/aromatic N) is 5. The first kappa shape index (κ1) is 18.3. The second-order valence-electron chi connectivity index (χ2n) is 5.62. The Kier molecular flexibility index (Phi) is 5.17. The number of carbonyl (C=O) groups excluding carboxylic acids is 1. The monoisotopic (exact) mass is 414 g/mol. The van der Waals surface area contributed by atoms with Crippen molar-refractivity contribution in [2.45, 2.75) is 24.3 Å². The Bertz CT molecular complexity index is 1080. The fourth-order valence-corrected chi connectivity index (χ4v) is 3.60. The summed E-state index contributed by atoms with van der Waals surface area (Å²) in [4.78, 5) is 16.9. The number of thioether (sulfide) groups is 1.